The van der Waals surface area contributed by atoms with E-state index >= 15 is 0 Å². The van der Waals surface area contributed by atoms with Crippen molar-refractivity contribution in [2.75, 3.05) is 12.8 Å². The monoisotopic (exact) mass is 440 g/mol. The van der Waals surface area contributed by atoms with Crippen LogP contribution in [-0.4, -0.2) is 31.4 Å². The van der Waals surface area contributed by atoms with Gasteiger partial charge in [-0.1, -0.05) is 53.5 Å². The van der Waals surface area contributed by atoms with Crippen molar-refractivity contribution in [3.8, 4) is 0 Å². The maximum atomic E-state index is 12.6. The average molecular weight is 441 g/mol. The van der Waals surface area contributed by atoms with Crippen LogP contribution in [0.2, 0.25) is 10.0 Å². The standard InChI is InChI=1S/C20H22Cl2N2O3S/c1-28(26,27)24(12-14-9-10-17(21)18(22)11-14)13-20(25)23-19-8-4-6-15-5-2-3-7-16(15)19/h2-3,5,7,9-11,19H,4,6,8,12-13H2,1H3,(H,23,25)/t19-/m1/s1. The van der Waals surface area contributed by atoms with E-state index in [-0.39, 0.29) is 25.0 Å². The summed E-state index contributed by atoms with van der Waals surface area (Å²) in [5.74, 6) is -0.327. The van der Waals surface area contributed by atoms with E-state index in [0.717, 1.165) is 35.4 Å². The molecule has 0 saturated heterocycles. The molecule has 0 aromatic heterocycles. The molecule has 2 aromatic rings. The molecule has 150 valence electrons. The van der Waals surface area contributed by atoms with Gasteiger partial charge < -0.3 is 5.32 Å². The first-order chi connectivity index (χ1) is 13.2. The topological polar surface area (TPSA) is 66.5 Å². The zero-order valence-electron chi connectivity index (χ0n) is 15.5. The summed E-state index contributed by atoms with van der Waals surface area (Å²) < 4.78 is 25.5. The number of aryl methyl sites for hydroxylation is 1. The fraction of sp³-hybridized carbons (Fsp3) is 0.350. The molecule has 0 radical (unpaired) electrons. The Morgan fingerprint density at radius 2 is 1.93 bits per heavy atom. The lowest BCUT2D eigenvalue weighted by molar-refractivity contribution is -0.122. The lowest BCUT2D eigenvalue weighted by atomic mass is 9.88. The van der Waals surface area contributed by atoms with E-state index < -0.39 is 10.0 Å². The number of carbonyl (C=O) groups is 1. The van der Waals surface area contributed by atoms with Gasteiger partial charge in [0.15, 0.2) is 0 Å². The number of carbonyl (C=O) groups excluding carboxylic acids is 1. The highest BCUT2D eigenvalue weighted by atomic mass is 35.5. The zero-order valence-corrected chi connectivity index (χ0v) is 17.8. The maximum Gasteiger partial charge on any atom is 0.235 e. The van der Waals surface area contributed by atoms with E-state index in [0.29, 0.717) is 15.6 Å². The van der Waals surface area contributed by atoms with Gasteiger partial charge in [-0.25, -0.2) is 8.42 Å². The molecule has 0 aliphatic heterocycles. The second-order valence-electron chi connectivity index (χ2n) is 6.99. The molecule has 8 heteroatoms. The molecule has 28 heavy (non-hydrogen) atoms. The molecule has 0 heterocycles. The lowest BCUT2D eigenvalue weighted by Crippen LogP contribution is -2.41. The van der Waals surface area contributed by atoms with Gasteiger partial charge in [0.2, 0.25) is 15.9 Å². The van der Waals surface area contributed by atoms with Crippen LogP contribution in [0.5, 0.6) is 0 Å². The molecule has 5 nitrogen and oxygen atoms in total. The van der Waals surface area contributed by atoms with E-state index in [4.69, 9.17) is 23.2 Å². The number of benzene rings is 2. The average Bonchev–Trinajstić information content (AvgIpc) is 2.64. The smallest absolute Gasteiger partial charge is 0.235 e. The van der Waals surface area contributed by atoms with Crippen LogP contribution in [-0.2, 0) is 27.8 Å². The van der Waals surface area contributed by atoms with Gasteiger partial charge in [0.05, 0.1) is 28.9 Å². The maximum absolute atomic E-state index is 12.6. The molecule has 0 bridgehead atoms. The predicted molar refractivity (Wildman–Crippen MR) is 112 cm³/mol. The van der Waals surface area contributed by atoms with Crippen LogP contribution in [0.25, 0.3) is 0 Å². The molecule has 0 spiro atoms. The predicted octanol–water partition coefficient (Wildman–Crippen LogP) is 3.95. The van der Waals surface area contributed by atoms with Crippen LogP contribution < -0.4 is 5.32 Å². The van der Waals surface area contributed by atoms with E-state index in [1.807, 2.05) is 18.2 Å². The number of halogens is 2. The molecule has 1 amide bonds. The Morgan fingerprint density at radius 3 is 2.64 bits per heavy atom. The zero-order chi connectivity index (χ0) is 20.3. The van der Waals surface area contributed by atoms with Crippen molar-refractivity contribution >= 4 is 39.1 Å². The highest BCUT2D eigenvalue weighted by molar-refractivity contribution is 7.88. The molecule has 1 N–H and O–H groups in total. The minimum atomic E-state index is -3.59. The highest BCUT2D eigenvalue weighted by Gasteiger charge is 2.25. The molecule has 1 aliphatic carbocycles. The Morgan fingerprint density at radius 1 is 1.18 bits per heavy atom. The Hall–Kier alpha value is -1.60. The summed E-state index contributed by atoms with van der Waals surface area (Å²) in [7, 11) is -3.59. The molecule has 0 saturated carbocycles. The van der Waals surface area contributed by atoms with Gasteiger partial charge >= 0.3 is 0 Å². The highest BCUT2D eigenvalue weighted by Crippen LogP contribution is 2.29. The summed E-state index contributed by atoms with van der Waals surface area (Å²) in [5.41, 5.74) is 3.00. The van der Waals surface area contributed by atoms with Crippen molar-refractivity contribution < 1.29 is 13.2 Å². The van der Waals surface area contributed by atoms with Gasteiger partial charge in [-0.2, -0.15) is 4.31 Å². The Bertz CT molecular complexity index is 979. The Labute approximate surface area is 175 Å². The Kier molecular flexibility index (Phi) is 6.65. The minimum Gasteiger partial charge on any atom is -0.348 e. The Balaban J connectivity index is 1.71. The van der Waals surface area contributed by atoms with Gasteiger partial charge in [-0.05, 0) is 48.1 Å². The molecule has 0 fully saturated rings. The summed E-state index contributed by atoms with van der Waals surface area (Å²) >= 11 is 11.9. The SMILES string of the molecule is CS(=O)(=O)N(CC(=O)N[C@@H]1CCCc2ccccc21)Cc1ccc(Cl)c(Cl)c1. The third-order valence-corrected chi connectivity index (χ3v) is 6.77. The van der Waals surface area contributed by atoms with Crippen molar-refractivity contribution in [1.82, 2.24) is 9.62 Å². The quantitative estimate of drug-likeness (QED) is 0.739. The number of hydrogen-bond acceptors (Lipinski definition) is 3. The van der Waals surface area contributed by atoms with Gasteiger partial charge in [0.25, 0.3) is 0 Å². The minimum absolute atomic E-state index is 0.0460. The second-order valence-corrected chi connectivity index (χ2v) is 9.79. The van der Waals surface area contributed by atoms with Crippen molar-refractivity contribution in [1.29, 1.82) is 0 Å². The second kappa shape index (κ2) is 8.82. The van der Waals surface area contributed by atoms with Crippen LogP contribution in [0.3, 0.4) is 0 Å². The summed E-state index contributed by atoms with van der Waals surface area (Å²) in [6, 6.07) is 12.9. The van der Waals surface area contributed by atoms with Crippen molar-refractivity contribution in [2.24, 2.45) is 0 Å². The fourth-order valence-electron chi connectivity index (χ4n) is 3.44. The molecular formula is C20H22Cl2N2O3S. The molecule has 1 atom stereocenters. The van der Waals surface area contributed by atoms with Crippen molar-refractivity contribution in [3.63, 3.8) is 0 Å². The number of nitrogens with zero attached hydrogens (tertiary/aromatic N) is 1. The number of sulfonamides is 1. The van der Waals surface area contributed by atoms with Crippen molar-refractivity contribution in [3.05, 3.63) is 69.2 Å². The first-order valence-corrected chi connectivity index (χ1v) is 11.6. The first kappa shape index (κ1) is 21.1. The van der Waals surface area contributed by atoms with Crippen LogP contribution in [0.1, 0.15) is 35.6 Å². The van der Waals surface area contributed by atoms with Gasteiger partial charge in [0, 0.05) is 6.54 Å². The molecule has 3 rings (SSSR count). The summed E-state index contributed by atoms with van der Waals surface area (Å²) in [4.78, 5) is 12.6. The first-order valence-electron chi connectivity index (χ1n) is 9.00. The third-order valence-electron chi connectivity index (χ3n) is 4.84. The number of nitrogens with one attached hydrogen (secondary N) is 1. The third kappa shape index (κ3) is 5.26. The summed E-state index contributed by atoms with van der Waals surface area (Å²) in [6.07, 6.45) is 3.92. The molecular weight excluding hydrogens is 419 g/mol. The number of amides is 1. The number of rotatable bonds is 6. The van der Waals surface area contributed by atoms with E-state index in [1.54, 1.807) is 18.2 Å². The number of fused-ring (bicyclic) bond motifs is 1. The van der Waals surface area contributed by atoms with E-state index in [2.05, 4.69) is 11.4 Å². The summed E-state index contributed by atoms with van der Waals surface area (Å²) in [6.45, 7) is -0.206. The largest absolute Gasteiger partial charge is 0.348 e. The lowest BCUT2D eigenvalue weighted by Gasteiger charge is -2.27. The molecule has 0 unspecified atom stereocenters. The van der Waals surface area contributed by atoms with Gasteiger partial charge in [-0.3, -0.25) is 4.79 Å². The normalized spacial score (nSPS) is 16.6. The van der Waals surface area contributed by atoms with Gasteiger partial charge in [0.1, 0.15) is 0 Å². The van der Waals surface area contributed by atoms with Crippen LogP contribution in [0, 0.1) is 0 Å². The van der Waals surface area contributed by atoms with Gasteiger partial charge in [-0.15, -0.1) is 0 Å². The summed E-state index contributed by atoms with van der Waals surface area (Å²) in [5, 5.41) is 3.73. The van der Waals surface area contributed by atoms with E-state index in [9.17, 15) is 13.2 Å². The fourth-order valence-corrected chi connectivity index (χ4v) is 4.49. The van der Waals surface area contributed by atoms with Crippen LogP contribution in [0.15, 0.2) is 42.5 Å². The van der Waals surface area contributed by atoms with Crippen LogP contribution >= 0.6 is 23.2 Å². The molecule has 1 aliphatic rings. The van der Waals surface area contributed by atoms with Crippen LogP contribution in [0.4, 0.5) is 0 Å². The van der Waals surface area contributed by atoms with E-state index in [1.165, 1.54) is 5.56 Å². The number of hydrogen-bond donors (Lipinski definition) is 1. The molecule has 2 aromatic carbocycles. The van der Waals surface area contributed by atoms with Crippen molar-refractivity contribution in [2.45, 2.75) is 31.8 Å².